The van der Waals surface area contributed by atoms with Crippen LogP contribution < -0.4 is 5.32 Å². The van der Waals surface area contributed by atoms with Crippen molar-refractivity contribution in [1.82, 2.24) is 9.80 Å². The van der Waals surface area contributed by atoms with Crippen molar-refractivity contribution in [2.24, 2.45) is 0 Å². The maximum absolute atomic E-state index is 12.7. The van der Waals surface area contributed by atoms with Crippen LogP contribution in [0.15, 0.2) is 18.2 Å². The first-order chi connectivity index (χ1) is 10.2. The summed E-state index contributed by atoms with van der Waals surface area (Å²) in [5.41, 5.74) is 2.76. The summed E-state index contributed by atoms with van der Waals surface area (Å²) in [6, 6.07) is 5.88. The van der Waals surface area contributed by atoms with Gasteiger partial charge in [0.2, 0.25) is 0 Å². The average Bonchev–Trinajstić information content (AvgIpc) is 2.72. The van der Waals surface area contributed by atoms with Gasteiger partial charge in [0.1, 0.15) is 0 Å². The van der Waals surface area contributed by atoms with E-state index in [0.29, 0.717) is 6.54 Å². The summed E-state index contributed by atoms with van der Waals surface area (Å²) in [5.74, 6) is 0.0881. The lowest BCUT2D eigenvalue weighted by Crippen LogP contribution is -2.36. The molecule has 0 saturated carbocycles. The number of hydrogen-bond donors (Lipinski definition) is 2. The van der Waals surface area contributed by atoms with Gasteiger partial charge in [-0.15, -0.1) is 0 Å². The van der Waals surface area contributed by atoms with Crippen LogP contribution in [-0.2, 0) is 0 Å². The van der Waals surface area contributed by atoms with Crippen LogP contribution in [0.5, 0.6) is 0 Å². The summed E-state index contributed by atoms with van der Waals surface area (Å²) >= 11 is 0. The lowest BCUT2D eigenvalue weighted by atomic mass is 10.1. The molecule has 116 valence electrons. The maximum Gasteiger partial charge on any atom is 0.255 e. The van der Waals surface area contributed by atoms with Crippen molar-refractivity contribution in [2.45, 2.75) is 13.3 Å². The Morgan fingerprint density at radius 2 is 2.10 bits per heavy atom. The zero-order valence-corrected chi connectivity index (χ0v) is 12.9. The van der Waals surface area contributed by atoms with E-state index in [1.165, 1.54) is 0 Å². The van der Waals surface area contributed by atoms with Gasteiger partial charge in [0.15, 0.2) is 0 Å². The molecule has 2 N–H and O–H groups in total. The number of aliphatic hydroxyl groups is 1. The van der Waals surface area contributed by atoms with E-state index in [2.05, 4.69) is 10.2 Å². The van der Waals surface area contributed by atoms with Gasteiger partial charge in [0.05, 0.1) is 12.2 Å². The molecule has 1 aromatic rings. The summed E-state index contributed by atoms with van der Waals surface area (Å²) in [6.45, 7) is 6.15. The molecule has 0 unspecified atom stereocenters. The minimum atomic E-state index is 0.0881. The van der Waals surface area contributed by atoms with Gasteiger partial charge in [-0.2, -0.15) is 0 Å². The molecule has 1 amide bonds. The molecule has 1 saturated heterocycles. The maximum atomic E-state index is 12.7. The van der Waals surface area contributed by atoms with Crippen LogP contribution in [0.1, 0.15) is 22.3 Å². The summed E-state index contributed by atoms with van der Waals surface area (Å²) < 4.78 is 0. The van der Waals surface area contributed by atoms with Gasteiger partial charge in [-0.05, 0) is 37.6 Å². The Balaban J connectivity index is 2.09. The SMILES string of the molecule is CNc1cc(C)ccc1C(=O)N1CCCN(CCO)CC1. The molecule has 2 rings (SSSR count). The summed E-state index contributed by atoms with van der Waals surface area (Å²) in [5, 5.41) is 12.1. The number of anilines is 1. The Morgan fingerprint density at radius 3 is 2.81 bits per heavy atom. The van der Waals surface area contributed by atoms with Gasteiger partial charge < -0.3 is 15.3 Å². The van der Waals surface area contributed by atoms with E-state index in [4.69, 9.17) is 5.11 Å². The highest BCUT2D eigenvalue weighted by Crippen LogP contribution is 2.19. The molecular weight excluding hydrogens is 266 g/mol. The van der Waals surface area contributed by atoms with Crippen molar-refractivity contribution in [3.05, 3.63) is 29.3 Å². The molecule has 0 spiro atoms. The fourth-order valence-electron chi connectivity index (χ4n) is 2.76. The number of nitrogens with one attached hydrogen (secondary N) is 1. The van der Waals surface area contributed by atoms with Gasteiger partial charge in [0.25, 0.3) is 5.91 Å². The predicted molar refractivity (Wildman–Crippen MR) is 84.8 cm³/mol. The highest BCUT2D eigenvalue weighted by molar-refractivity contribution is 5.99. The number of amides is 1. The second-order valence-corrected chi connectivity index (χ2v) is 5.51. The van der Waals surface area contributed by atoms with E-state index < -0.39 is 0 Å². The minimum absolute atomic E-state index is 0.0881. The van der Waals surface area contributed by atoms with E-state index in [1.807, 2.05) is 37.1 Å². The van der Waals surface area contributed by atoms with Gasteiger partial charge in [-0.3, -0.25) is 9.69 Å². The van der Waals surface area contributed by atoms with Gasteiger partial charge in [-0.1, -0.05) is 6.07 Å². The number of carbonyl (C=O) groups excluding carboxylic acids is 1. The summed E-state index contributed by atoms with van der Waals surface area (Å²) in [6.07, 6.45) is 0.951. The van der Waals surface area contributed by atoms with Crippen molar-refractivity contribution in [3.8, 4) is 0 Å². The Labute approximate surface area is 126 Å². The highest BCUT2D eigenvalue weighted by Gasteiger charge is 2.21. The molecule has 0 aromatic heterocycles. The zero-order valence-electron chi connectivity index (χ0n) is 12.9. The van der Waals surface area contributed by atoms with Crippen molar-refractivity contribution >= 4 is 11.6 Å². The standard InChI is InChI=1S/C16H25N3O2/c1-13-4-5-14(15(12-13)17-2)16(21)19-7-3-6-18(8-9-19)10-11-20/h4-5,12,17,20H,3,6-11H2,1-2H3. The minimum Gasteiger partial charge on any atom is -0.395 e. The van der Waals surface area contributed by atoms with Crippen molar-refractivity contribution in [2.75, 3.05) is 51.7 Å². The molecule has 0 radical (unpaired) electrons. The molecule has 1 fully saturated rings. The number of aliphatic hydroxyl groups excluding tert-OH is 1. The quantitative estimate of drug-likeness (QED) is 0.874. The largest absolute Gasteiger partial charge is 0.395 e. The van der Waals surface area contributed by atoms with Crippen molar-refractivity contribution < 1.29 is 9.90 Å². The van der Waals surface area contributed by atoms with Crippen LogP contribution in [0.4, 0.5) is 5.69 Å². The Hall–Kier alpha value is -1.59. The number of carbonyl (C=O) groups is 1. The predicted octanol–water partition coefficient (Wildman–Crippen LogP) is 1.18. The fourth-order valence-corrected chi connectivity index (χ4v) is 2.76. The van der Waals surface area contributed by atoms with Crippen molar-refractivity contribution in [1.29, 1.82) is 0 Å². The third-order valence-electron chi connectivity index (χ3n) is 3.97. The molecule has 1 heterocycles. The normalized spacial score (nSPS) is 16.6. The first kappa shape index (κ1) is 15.8. The molecule has 21 heavy (non-hydrogen) atoms. The molecular formula is C16H25N3O2. The number of benzene rings is 1. The molecule has 0 bridgehead atoms. The summed E-state index contributed by atoms with van der Waals surface area (Å²) in [4.78, 5) is 16.9. The summed E-state index contributed by atoms with van der Waals surface area (Å²) in [7, 11) is 1.84. The molecule has 5 heteroatoms. The number of hydrogen-bond acceptors (Lipinski definition) is 4. The van der Waals surface area contributed by atoms with Crippen LogP contribution in [0, 0.1) is 6.92 Å². The van der Waals surface area contributed by atoms with E-state index in [1.54, 1.807) is 0 Å². The number of nitrogens with zero attached hydrogens (tertiary/aromatic N) is 2. The molecule has 0 atom stereocenters. The van der Waals surface area contributed by atoms with Gasteiger partial charge in [0, 0.05) is 38.9 Å². The van der Waals surface area contributed by atoms with Gasteiger partial charge >= 0.3 is 0 Å². The van der Waals surface area contributed by atoms with E-state index in [0.717, 1.165) is 49.4 Å². The van der Waals surface area contributed by atoms with Crippen LogP contribution in [0.2, 0.25) is 0 Å². The Kier molecular flexibility index (Phi) is 5.59. The lowest BCUT2D eigenvalue weighted by Gasteiger charge is -2.22. The van der Waals surface area contributed by atoms with Crippen molar-refractivity contribution in [3.63, 3.8) is 0 Å². The van der Waals surface area contributed by atoms with Crippen LogP contribution in [-0.4, -0.2) is 67.2 Å². The molecule has 0 aliphatic carbocycles. The first-order valence-electron chi connectivity index (χ1n) is 7.56. The topological polar surface area (TPSA) is 55.8 Å². The second kappa shape index (κ2) is 7.43. The first-order valence-corrected chi connectivity index (χ1v) is 7.56. The van der Waals surface area contributed by atoms with E-state index >= 15 is 0 Å². The smallest absolute Gasteiger partial charge is 0.255 e. The third kappa shape index (κ3) is 3.95. The molecule has 5 nitrogen and oxygen atoms in total. The number of aryl methyl sites for hydroxylation is 1. The fraction of sp³-hybridized carbons (Fsp3) is 0.562. The second-order valence-electron chi connectivity index (χ2n) is 5.51. The molecule has 1 aliphatic rings. The number of β-amino-alcohol motifs (C(OH)–C–C–N with tert-alkyl or cyclic N) is 1. The monoisotopic (exact) mass is 291 g/mol. The third-order valence-corrected chi connectivity index (χ3v) is 3.97. The zero-order chi connectivity index (χ0) is 15.2. The Morgan fingerprint density at radius 1 is 1.29 bits per heavy atom. The molecule has 1 aliphatic heterocycles. The van der Waals surface area contributed by atoms with Crippen LogP contribution in [0.3, 0.4) is 0 Å². The van der Waals surface area contributed by atoms with E-state index in [9.17, 15) is 4.79 Å². The van der Waals surface area contributed by atoms with Gasteiger partial charge in [-0.25, -0.2) is 0 Å². The van der Waals surface area contributed by atoms with E-state index in [-0.39, 0.29) is 12.5 Å². The molecule has 1 aromatic carbocycles. The average molecular weight is 291 g/mol. The van der Waals surface area contributed by atoms with Crippen LogP contribution in [0.25, 0.3) is 0 Å². The lowest BCUT2D eigenvalue weighted by molar-refractivity contribution is 0.0761. The number of rotatable bonds is 4. The van der Waals surface area contributed by atoms with Crippen LogP contribution >= 0.6 is 0 Å². The Bertz CT molecular complexity index is 490. The highest BCUT2D eigenvalue weighted by atomic mass is 16.3.